The highest BCUT2D eigenvalue weighted by Crippen LogP contribution is 2.54. The molecular weight excluding hydrogens is 268 g/mol. The molecule has 0 spiro atoms. The van der Waals surface area contributed by atoms with Gasteiger partial charge in [0.15, 0.2) is 0 Å². The molecule has 0 unspecified atom stereocenters. The molecule has 0 N–H and O–H groups in total. The lowest BCUT2D eigenvalue weighted by Gasteiger charge is -2.33. The normalized spacial score (nSPS) is 14.0. The summed E-state index contributed by atoms with van der Waals surface area (Å²) in [4.78, 5) is 0. The van der Waals surface area contributed by atoms with E-state index in [-0.39, 0.29) is 0 Å². The van der Waals surface area contributed by atoms with Gasteiger partial charge in [-0.2, -0.15) is 10.5 Å². The number of hydrogen-bond acceptors (Lipinski definition) is 2. The van der Waals surface area contributed by atoms with Gasteiger partial charge >= 0.3 is 0 Å². The molecule has 2 nitrogen and oxygen atoms in total. The second kappa shape index (κ2) is 5.66. The second-order valence-corrected chi connectivity index (χ2v) is 5.86. The van der Waals surface area contributed by atoms with E-state index in [2.05, 4.69) is 43.3 Å². The molecule has 0 heterocycles. The van der Waals surface area contributed by atoms with E-state index in [1.807, 2.05) is 24.3 Å². The van der Waals surface area contributed by atoms with Crippen LogP contribution in [-0.4, -0.2) is 0 Å². The van der Waals surface area contributed by atoms with Gasteiger partial charge in [0, 0.05) is 0 Å². The largest absolute Gasteiger partial charge is 0.197 e. The van der Waals surface area contributed by atoms with Crippen LogP contribution >= 0.6 is 0 Å². The van der Waals surface area contributed by atoms with Gasteiger partial charge in [-0.25, -0.2) is 0 Å². The number of fused-ring (bicyclic) bond motifs is 3. The minimum Gasteiger partial charge on any atom is -0.197 e. The van der Waals surface area contributed by atoms with E-state index >= 15 is 0 Å². The maximum Gasteiger partial charge on any atom is 0.147 e. The lowest BCUT2D eigenvalue weighted by molar-refractivity contribution is 0.412. The molecular formula is C20H18N2. The van der Waals surface area contributed by atoms with Crippen LogP contribution in [-0.2, 0) is 5.41 Å². The summed E-state index contributed by atoms with van der Waals surface area (Å²) in [7, 11) is 0. The molecule has 22 heavy (non-hydrogen) atoms. The molecule has 0 bridgehead atoms. The van der Waals surface area contributed by atoms with Crippen LogP contribution in [0.3, 0.4) is 0 Å². The predicted molar refractivity (Wildman–Crippen MR) is 86.9 cm³/mol. The van der Waals surface area contributed by atoms with Crippen molar-refractivity contribution in [2.45, 2.75) is 31.6 Å². The van der Waals surface area contributed by atoms with Gasteiger partial charge in [0.1, 0.15) is 5.92 Å². The molecule has 1 aliphatic rings. The number of rotatable bonds is 4. The summed E-state index contributed by atoms with van der Waals surface area (Å²) in [5.41, 5.74) is 4.12. The van der Waals surface area contributed by atoms with Crippen LogP contribution < -0.4 is 0 Å². The van der Waals surface area contributed by atoms with Crippen LogP contribution in [0.5, 0.6) is 0 Å². The number of nitrogens with zero attached hydrogens (tertiary/aromatic N) is 2. The topological polar surface area (TPSA) is 47.6 Å². The Hall–Kier alpha value is -2.58. The molecule has 0 fully saturated rings. The highest BCUT2D eigenvalue weighted by Gasteiger charge is 2.48. The van der Waals surface area contributed by atoms with E-state index < -0.39 is 11.3 Å². The van der Waals surface area contributed by atoms with Crippen molar-refractivity contribution < 1.29 is 0 Å². The molecule has 2 aromatic carbocycles. The van der Waals surface area contributed by atoms with Crippen LogP contribution in [0.1, 0.15) is 37.3 Å². The van der Waals surface area contributed by atoms with Crippen molar-refractivity contribution in [2.24, 2.45) is 5.92 Å². The van der Waals surface area contributed by atoms with Crippen molar-refractivity contribution >= 4 is 0 Å². The standard InChI is InChI=1S/C20H18N2/c1-2-3-12-20(15(13-21)14-22)18-10-6-4-8-16(18)17-9-5-7-11-19(17)20/h4-11,15H,2-3,12H2,1H3. The van der Waals surface area contributed by atoms with Gasteiger partial charge in [0.2, 0.25) is 0 Å². The summed E-state index contributed by atoms with van der Waals surface area (Å²) in [6.07, 6.45) is 2.89. The van der Waals surface area contributed by atoms with E-state index in [1.54, 1.807) is 0 Å². The summed E-state index contributed by atoms with van der Waals surface area (Å²) in [5.74, 6) is -0.663. The number of benzene rings is 2. The zero-order chi connectivity index (χ0) is 15.6. The fraction of sp³-hybridized carbons (Fsp3) is 0.300. The third-order valence-electron chi connectivity index (χ3n) is 4.78. The molecule has 2 aromatic rings. The van der Waals surface area contributed by atoms with Crippen molar-refractivity contribution in [3.63, 3.8) is 0 Å². The summed E-state index contributed by atoms with van der Waals surface area (Å²) in [5, 5.41) is 19.3. The first-order chi connectivity index (χ1) is 10.8. The first-order valence-corrected chi connectivity index (χ1v) is 7.78. The molecule has 0 aliphatic heterocycles. The molecule has 0 atom stereocenters. The fourth-order valence-corrected chi connectivity index (χ4v) is 3.79. The Morgan fingerprint density at radius 2 is 1.41 bits per heavy atom. The number of nitriles is 2. The Balaban J connectivity index is 2.33. The van der Waals surface area contributed by atoms with Gasteiger partial charge in [-0.3, -0.25) is 0 Å². The number of hydrogen-bond donors (Lipinski definition) is 0. The van der Waals surface area contributed by atoms with Gasteiger partial charge in [-0.15, -0.1) is 0 Å². The van der Waals surface area contributed by atoms with Crippen LogP contribution in [0.2, 0.25) is 0 Å². The smallest absolute Gasteiger partial charge is 0.147 e. The Labute approximate surface area is 131 Å². The molecule has 0 aromatic heterocycles. The maximum atomic E-state index is 9.63. The average Bonchev–Trinajstić information content (AvgIpc) is 2.86. The first kappa shape index (κ1) is 14.4. The average molecular weight is 286 g/mol. The first-order valence-electron chi connectivity index (χ1n) is 7.78. The van der Waals surface area contributed by atoms with Crippen LogP contribution in [0.4, 0.5) is 0 Å². The molecule has 2 heteroatoms. The third kappa shape index (κ3) is 1.85. The molecule has 1 aliphatic carbocycles. The highest BCUT2D eigenvalue weighted by atomic mass is 14.5. The van der Waals surface area contributed by atoms with Crippen molar-refractivity contribution in [3.05, 3.63) is 59.7 Å². The predicted octanol–water partition coefficient (Wildman–Crippen LogP) is 4.81. The van der Waals surface area contributed by atoms with Crippen molar-refractivity contribution in [3.8, 4) is 23.3 Å². The maximum absolute atomic E-state index is 9.63. The van der Waals surface area contributed by atoms with E-state index in [0.29, 0.717) is 0 Å². The molecule has 3 rings (SSSR count). The SMILES string of the molecule is CCCCC1(C(C#N)C#N)c2ccccc2-c2ccccc21. The molecule has 0 radical (unpaired) electrons. The minimum absolute atomic E-state index is 0.493. The highest BCUT2D eigenvalue weighted by molar-refractivity contribution is 5.81. The van der Waals surface area contributed by atoms with E-state index in [0.717, 1.165) is 30.4 Å². The zero-order valence-corrected chi connectivity index (χ0v) is 12.7. The van der Waals surface area contributed by atoms with Crippen molar-refractivity contribution in [1.29, 1.82) is 10.5 Å². The zero-order valence-electron chi connectivity index (χ0n) is 12.7. The Morgan fingerprint density at radius 1 is 0.909 bits per heavy atom. The van der Waals surface area contributed by atoms with Crippen LogP contribution in [0.15, 0.2) is 48.5 Å². The molecule has 0 amide bonds. The summed E-state index contributed by atoms with van der Waals surface area (Å²) in [6.45, 7) is 2.15. The van der Waals surface area contributed by atoms with E-state index in [4.69, 9.17) is 0 Å². The Kier molecular flexibility index (Phi) is 3.70. The summed E-state index contributed by atoms with van der Waals surface area (Å²) in [6, 6.07) is 21.0. The molecule has 108 valence electrons. The molecule has 0 saturated heterocycles. The quantitative estimate of drug-likeness (QED) is 0.810. The van der Waals surface area contributed by atoms with E-state index in [1.165, 1.54) is 11.1 Å². The second-order valence-electron chi connectivity index (χ2n) is 5.86. The Morgan fingerprint density at radius 3 is 1.86 bits per heavy atom. The van der Waals surface area contributed by atoms with Gasteiger partial charge in [0.05, 0.1) is 17.6 Å². The van der Waals surface area contributed by atoms with Gasteiger partial charge in [-0.05, 0) is 28.7 Å². The van der Waals surface area contributed by atoms with Crippen molar-refractivity contribution in [2.75, 3.05) is 0 Å². The minimum atomic E-state index is -0.663. The lowest BCUT2D eigenvalue weighted by Crippen LogP contribution is -2.33. The molecule has 0 saturated carbocycles. The van der Waals surface area contributed by atoms with Gasteiger partial charge in [0.25, 0.3) is 0 Å². The lowest BCUT2D eigenvalue weighted by atomic mass is 9.66. The summed E-state index contributed by atoms with van der Waals surface area (Å²) < 4.78 is 0. The van der Waals surface area contributed by atoms with E-state index in [9.17, 15) is 10.5 Å². The van der Waals surface area contributed by atoms with Crippen LogP contribution in [0.25, 0.3) is 11.1 Å². The fourth-order valence-electron chi connectivity index (χ4n) is 3.79. The van der Waals surface area contributed by atoms with Gasteiger partial charge < -0.3 is 0 Å². The Bertz CT molecular complexity index is 717. The van der Waals surface area contributed by atoms with Crippen LogP contribution in [0, 0.1) is 28.6 Å². The third-order valence-corrected chi connectivity index (χ3v) is 4.78. The van der Waals surface area contributed by atoms with Crippen molar-refractivity contribution in [1.82, 2.24) is 0 Å². The van der Waals surface area contributed by atoms with Gasteiger partial charge in [-0.1, -0.05) is 68.3 Å². The monoisotopic (exact) mass is 286 g/mol. The number of unbranched alkanes of at least 4 members (excludes halogenated alkanes) is 1. The summed E-state index contributed by atoms with van der Waals surface area (Å²) >= 11 is 0.